The van der Waals surface area contributed by atoms with E-state index in [0.29, 0.717) is 19.4 Å². The lowest BCUT2D eigenvalue weighted by Gasteiger charge is -2.42. The highest BCUT2D eigenvalue weighted by atomic mass is 16.7. The second-order valence-electron chi connectivity index (χ2n) is 5.41. The Morgan fingerprint density at radius 3 is 2.74 bits per heavy atom. The highest BCUT2D eigenvalue weighted by Crippen LogP contribution is 2.48. The first-order valence-corrected chi connectivity index (χ1v) is 6.76. The molecule has 4 nitrogen and oxygen atoms in total. The van der Waals surface area contributed by atoms with Gasteiger partial charge in [0.2, 0.25) is 5.79 Å². The predicted octanol–water partition coefficient (Wildman–Crippen LogP) is 2.15. The van der Waals surface area contributed by atoms with Gasteiger partial charge in [-0.2, -0.15) is 0 Å². The second kappa shape index (κ2) is 4.62. The summed E-state index contributed by atoms with van der Waals surface area (Å²) in [5.41, 5.74) is 0.169. The highest BCUT2D eigenvalue weighted by molar-refractivity contribution is 5.74. The van der Waals surface area contributed by atoms with Crippen molar-refractivity contribution in [2.75, 3.05) is 0 Å². The number of aliphatic hydroxyl groups is 1. The van der Waals surface area contributed by atoms with Crippen LogP contribution in [-0.4, -0.2) is 22.5 Å². The van der Waals surface area contributed by atoms with E-state index in [9.17, 15) is 9.90 Å². The molecule has 1 N–H and O–H groups in total. The number of carbonyl (C=O) groups excluding carboxylic acids is 1. The third-order valence-electron chi connectivity index (χ3n) is 4.13. The smallest absolute Gasteiger partial charge is 0.311 e. The van der Waals surface area contributed by atoms with Crippen molar-refractivity contribution >= 4 is 5.97 Å². The predicted molar refractivity (Wildman–Crippen MR) is 68.1 cm³/mol. The second-order valence-corrected chi connectivity index (χ2v) is 5.41. The van der Waals surface area contributed by atoms with E-state index >= 15 is 0 Å². The SMILES string of the molecule is O=C1C[C@]2(OCc3ccccc3)CCCC[C@]2(O)O1. The first kappa shape index (κ1) is 12.6. The van der Waals surface area contributed by atoms with Crippen molar-refractivity contribution in [1.82, 2.24) is 0 Å². The molecule has 1 saturated heterocycles. The molecule has 1 aliphatic carbocycles. The fraction of sp³-hybridized carbons (Fsp3) is 0.533. The minimum absolute atomic E-state index is 0.149. The third-order valence-corrected chi connectivity index (χ3v) is 4.13. The summed E-state index contributed by atoms with van der Waals surface area (Å²) < 4.78 is 11.1. The van der Waals surface area contributed by atoms with Gasteiger partial charge >= 0.3 is 5.97 Å². The Morgan fingerprint density at radius 2 is 1.95 bits per heavy atom. The topological polar surface area (TPSA) is 55.8 Å². The number of hydrogen-bond acceptors (Lipinski definition) is 4. The van der Waals surface area contributed by atoms with Gasteiger partial charge in [0.15, 0.2) is 0 Å². The monoisotopic (exact) mass is 262 g/mol. The molecule has 0 spiro atoms. The highest BCUT2D eigenvalue weighted by Gasteiger charge is 2.62. The van der Waals surface area contributed by atoms with Gasteiger partial charge in [-0.3, -0.25) is 4.79 Å². The van der Waals surface area contributed by atoms with Crippen LogP contribution in [0.15, 0.2) is 30.3 Å². The number of esters is 1. The number of hydrogen-bond donors (Lipinski definition) is 1. The van der Waals surface area contributed by atoms with E-state index in [2.05, 4.69) is 0 Å². The van der Waals surface area contributed by atoms with Crippen molar-refractivity contribution in [3.63, 3.8) is 0 Å². The van der Waals surface area contributed by atoms with E-state index in [1.165, 1.54) is 0 Å². The minimum atomic E-state index is -1.43. The van der Waals surface area contributed by atoms with Crippen LogP contribution >= 0.6 is 0 Å². The van der Waals surface area contributed by atoms with Gasteiger partial charge in [0.1, 0.15) is 5.60 Å². The summed E-state index contributed by atoms with van der Waals surface area (Å²) in [5, 5.41) is 10.5. The Labute approximate surface area is 112 Å². The van der Waals surface area contributed by atoms with Gasteiger partial charge in [-0.05, 0) is 18.4 Å². The van der Waals surface area contributed by atoms with E-state index in [0.717, 1.165) is 18.4 Å². The van der Waals surface area contributed by atoms with Crippen LogP contribution in [0.25, 0.3) is 0 Å². The number of carbonyl (C=O) groups is 1. The van der Waals surface area contributed by atoms with Crippen molar-refractivity contribution in [2.45, 2.75) is 50.1 Å². The fourth-order valence-corrected chi connectivity index (χ4v) is 3.06. The molecule has 1 saturated carbocycles. The molecule has 2 aliphatic rings. The van der Waals surface area contributed by atoms with Gasteiger partial charge in [-0.15, -0.1) is 0 Å². The maximum atomic E-state index is 11.6. The lowest BCUT2D eigenvalue weighted by Crippen LogP contribution is -2.54. The molecular formula is C15H18O4. The van der Waals surface area contributed by atoms with Crippen LogP contribution in [0.5, 0.6) is 0 Å². The van der Waals surface area contributed by atoms with Crippen molar-refractivity contribution in [1.29, 1.82) is 0 Å². The lowest BCUT2D eigenvalue weighted by molar-refractivity contribution is -0.282. The van der Waals surface area contributed by atoms with Crippen LogP contribution in [0.4, 0.5) is 0 Å². The Morgan fingerprint density at radius 1 is 1.21 bits per heavy atom. The largest absolute Gasteiger partial charge is 0.430 e. The number of fused-ring (bicyclic) bond motifs is 1. The third kappa shape index (κ3) is 2.15. The summed E-state index contributed by atoms with van der Waals surface area (Å²) in [6.07, 6.45) is 3.10. The Kier molecular flexibility index (Phi) is 3.07. The van der Waals surface area contributed by atoms with Crippen LogP contribution in [0.2, 0.25) is 0 Å². The molecular weight excluding hydrogens is 244 g/mol. The molecule has 0 radical (unpaired) electrons. The van der Waals surface area contributed by atoms with Crippen molar-refractivity contribution in [3.05, 3.63) is 35.9 Å². The van der Waals surface area contributed by atoms with E-state index in [-0.39, 0.29) is 12.4 Å². The van der Waals surface area contributed by atoms with Crippen LogP contribution in [-0.2, 0) is 20.9 Å². The molecule has 1 aromatic rings. The number of benzene rings is 1. The lowest BCUT2D eigenvalue weighted by atomic mass is 9.78. The molecule has 1 aliphatic heterocycles. The van der Waals surface area contributed by atoms with Gasteiger partial charge in [-0.25, -0.2) is 0 Å². The first-order chi connectivity index (χ1) is 9.14. The average Bonchev–Trinajstić information content (AvgIpc) is 2.68. The zero-order chi connectivity index (χ0) is 13.3. The molecule has 0 amide bonds. The van der Waals surface area contributed by atoms with Gasteiger partial charge < -0.3 is 14.6 Å². The van der Waals surface area contributed by atoms with E-state index in [4.69, 9.17) is 9.47 Å². The van der Waals surface area contributed by atoms with Crippen molar-refractivity contribution in [3.8, 4) is 0 Å². The van der Waals surface area contributed by atoms with Crippen LogP contribution in [0, 0.1) is 0 Å². The molecule has 0 unspecified atom stereocenters. The Hall–Kier alpha value is -1.39. The van der Waals surface area contributed by atoms with Crippen molar-refractivity contribution < 1.29 is 19.4 Å². The molecule has 0 aromatic heterocycles. The summed E-state index contributed by atoms with van der Waals surface area (Å²) in [7, 11) is 0. The van der Waals surface area contributed by atoms with Gasteiger partial charge in [0.25, 0.3) is 0 Å². The van der Waals surface area contributed by atoms with Crippen LogP contribution in [0.3, 0.4) is 0 Å². The summed E-state index contributed by atoms with van der Waals surface area (Å²) in [4.78, 5) is 11.6. The fourth-order valence-electron chi connectivity index (χ4n) is 3.06. The van der Waals surface area contributed by atoms with E-state index in [1.807, 2.05) is 30.3 Å². The number of ether oxygens (including phenoxy) is 2. The molecule has 3 rings (SSSR count). The average molecular weight is 262 g/mol. The maximum absolute atomic E-state index is 11.6. The molecule has 102 valence electrons. The molecule has 1 aromatic carbocycles. The first-order valence-electron chi connectivity index (χ1n) is 6.76. The molecule has 19 heavy (non-hydrogen) atoms. The standard InChI is InChI=1S/C15H18O4/c16-13-10-14(8-4-5-9-15(14,17)19-13)18-11-12-6-2-1-3-7-12/h1-3,6-7,17H,4-5,8-11H2/t14-,15+/m1/s1. The summed E-state index contributed by atoms with van der Waals surface area (Å²) >= 11 is 0. The normalized spacial score (nSPS) is 33.8. The van der Waals surface area contributed by atoms with Gasteiger partial charge in [-0.1, -0.05) is 36.8 Å². The minimum Gasteiger partial charge on any atom is -0.430 e. The Balaban J connectivity index is 1.78. The maximum Gasteiger partial charge on any atom is 0.311 e. The quantitative estimate of drug-likeness (QED) is 0.848. The Bertz CT molecular complexity index is 472. The van der Waals surface area contributed by atoms with Crippen molar-refractivity contribution in [2.24, 2.45) is 0 Å². The number of rotatable bonds is 3. The zero-order valence-corrected chi connectivity index (χ0v) is 10.8. The van der Waals surface area contributed by atoms with Crippen LogP contribution < -0.4 is 0 Å². The van der Waals surface area contributed by atoms with E-state index in [1.54, 1.807) is 0 Å². The molecule has 4 heteroatoms. The van der Waals surface area contributed by atoms with Gasteiger partial charge in [0, 0.05) is 6.42 Å². The zero-order valence-electron chi connectivity index (χ0n) is 10.8. The van der Waals surface area contributed by atoms with Gasteiger partial charge in [0.05, 0.1) is 13.0 Å². The molecule has 2 fully saturated rings. The summed E-state index contributed by atoms with van der Waals surface area (Å²) in [6, 6.07) is 9.77. The molecule has 1 heterocycles. The molecule has 2 atom stereocenters. The summed E-state index contributed by atoms with van der Waals surface area (Å²) in [5.74, 6) is -1.80. The van der Waals surface area contributed by atoms with E-state index < -0.39 is 11.4 Å². The summed E-state index contributed by atoms with van der Waals surface area (Å²) in [6.45, 7) is 0.389. The van der Waals surface area contributed by atoms with Crippen LogP contribution in [0.1, 0.15) is 37.7 Å². The molecule has 0 bridgehead atoms.